The molecule has 3 heterocycles. The quantitative estimate of drug-likeness (QED) is 0.244. The van der Waals surface area contributed by atoms with Gasteiger partial charge >= 0.3 is 0 Å². The zero-order chi connectivity index (χ0) is 21.1. The highest BCUT2D eigenvalue weighted by Gasteiger charge is 2.11. The molecular weight excluding hydrogens is 427 g/mol. The maximum atomic E-state index is 10.7. The number of fused-ring (bicyclic) bond motifs is 1. The number of hydrogen-bond acceptors (Lipinski definition) is 6. The lowest BCUT2D eigenvalue weighted by Gasteiger charge is -2.11. The van der Waals surface area contributed by atoms with Crippen LogP contribution in [0.2, 0.25) is 10.0 Å². The molecule has 1 N–H and O–H groups in total. The van der Waals surface area contributed by atoms with E-state index in [1.54, 1.807) is 24.4 Å². The molecule has 0 aliphatic heterocycles. The van der Waals surface area contributed by atoms with E-state index < -0.39 is 4.92 Å². The van der Waals surface area contributed by atoms with Crippen molar-refractivity contribution in [1.82, 2.24) is 19.4 Å². The Kier molecular flexibility index (Phi) is 5.78. The average molecular weight is 443 g/mol. The van der Waals surface area contributed by atoms with Gasteiger partial charge in [-0.1, -0.05) is 23.2 Å². The lowest BCUT2D eigenvalue weighted by atomic mass is 10.1. The molecule has 1 aromatic carbocycles. The predicted molar refractivity (Wildman–Crippen MR) is 116 cm³/mol. The fourth-order valence-electron chi connectivity index (χ4n) is 3.03. The third kappa shape index (κ3) is 4.34. The minimum absolute atomic E-state index is 0.0127. The summed E-state index contributed by atoms with van der Waals surface area (Å²) >= 11 is 12.3. The summed E-state index contributed by atoms with van der Waals surface area (Å²) in [5, 5.41) is 15.1. The normalized spacial score (nSPS) is 11.0. The summed E-state index contributed by atoms with van der Waals surface area (Å²) in [5.41, 5.74) is 2.98. The fourth-order valence-corrected chi connectivity index (χ4v) is 3.53. The number of anilines is 1. The summed E-state index contributed by atoms with van der Waals surface area (Å²) in [6, 6.07) is 10.3. The molecule has 30 heavy (non-hydrogen) atoms. The van der Waals surface area contributed by atoms with Crippen LogP contribution in [0.3, 0.4) is 0 Å². The van der Waals surface area contributed by atoms with Crippen LogP contribution in [0.25, 0.3) is 16.9 Å². The van der Waals surface area contributed by atoms with Crippen LogP contribution in [0.1, 0.15) is 12.1 Å². The van der Waals surface area contributed by atoms with Crippen molar-refractivity contribution in [3.05, 3.63) is 80.8 Å². The first-order valence-corrected chi connectivity index (χ1v) is 9.89. The zero-order valence-corrected chi connectivity index (χ0v) is 17.1. The van der Waals surface area contributed by atoms with Crippen LogP contribution in [0.5, 0.6) is 0 Å². The van der Waals surface area contributed by atoms with Gasteiger partial charge in [-0.2, -0.15) is 0 Å². The van der Waals surface area contributed by atoms with E-state index >= 15 is 0 Å². The second kappa shape index (κ2) is 8.64. The monoisotopic (exact) mass is 442 g/mol. The maximum absolute atomic E-state index is 10.7. The molecule has 152 valence electrons. The van der Waals surface area contributed by atoms with Crippen molar-refractivity contribution < 1.29 is 4.92 Å². The molecule has 3 aromatic heterocycles. The molecule has 0 saturated carbocycles. The number of hydrogen-bond donors (Lipinski definition) is 1. The van der Waals surface area contributed by atoms with Crippen molar-refractivity contribution in [1.29, 1.82) is 0 Å². The summed E-state index contributed by atoms with van der Waals surface area (Å²) in [6.07, 6.45) is 6.26. The molecule has 0 unspecified atom stereocenters. The Hall–Kier alpha value is -3.23. The number of nitro groups is 1. The van der Waals surface area contributed by atoms with Crippen LogP contribution in [-0.4, -0.2) is 30.8 Å². The molecule has 0 bridgehead atoms. The largest absolute Gasteiger partial charge is 0.355 e. The van der Waals surface area contributed by atoms with E-state index in [1.807, 2.05) is 22.7 Å². The van der Waals surface area contributed by atoms with E-state index in [4.69, 9.17) is 28.2 Å². The number of imidazole rings is 1. The second-order valence-electron chi connectivity index (χ2n) is 6.54. The van der Waals surface area contributed by atoms with Crippen LogP contribution in [0, 0.1) is 10.1 Å². The highest BCUT2D eigenvalue weighted by molar-refractivity contribution is 6.36. The van der Waals surface area contributed by atoms with Gasteiger partial charge < -0.3 is 5.32 Å². The molecule has 0 radical (unpaired) electrons. The number of rotatable bonds is 7. The van der Waals surface area contributed by atoms with E-state index in [0.29, 0.717) is 34.7 Å². The molecule has 10 heteroatoms. The highest BCUT2D eigenvalue weighted by atomic mass is 35.5. The number of benzene rings is 1. The van der Waals surface area contributed by atoms with Crippen molar-refractivity contribution in [3.63, 3.8) is 0 Å². The molecular formula is C20H16Cl2N6O2. The fraction of sp³-hybridized carbons (Fsp3) is 0.150. The van der Waals surface area contributed by atoms with E-state index in [0.717, 1.165) is 23.3 Å². The molecule has 0 amide bonds. The molecule has 0 aliphatic rings. The van der Waals surface area contributed by atoms with Crippen LogP contribution in [0.4, 0.5) is 11.6 Å². The first-order valence-electron chi connectivity index (χ1n) is 9.14. The number of aromatic nitrogens is 4. The predicted octanol–water partition coefficient (Wildman–Crippen LogP) is 5.05. The first kappa shape index (κ1) is 20.1. The molecule has 4 rings (SSSR count). The Morgan fingerprint density at radius 3 is 2.73 bits per heavy atom. The summed E-state index contributed by atoms with van der Waals surface area (Å²) in [7, 11) is 0. The van der Waals surface area contributed by atoms with Gasteiger partial charge in [0, 0.05) is 47.4 Å². The second-order valence-corrected chi connectivity index (χ2v) is 7.38. The maximum Gasteiger partial charge on any atom is 0.287 e. The molecule has 4 aromatic rings. The van der Waals surface area contributed by atoms with Crippen LogP contribution in [0.15, 0.2) is 55.0 Å². The Balaban J connectivity index is 1.48. The van der Waals surface area contributed by atoms with Crippen LogP contribution in [-0.2, 0) is 6.42 Å². The van der Waals surface area contributed by atoms with Crippen molar-refractivity contribution in [3.8, 4) is 11.3 Å². The van der Waals surface area contributed by atoms with Crippen molar-refractivity contribution in [2.75, 3.05) is 11.9 Å². The minimum Gasteiger partial charge on any atom is -0.355 e. The Labute approximate surface area is 181 Å². The third-order valence-electron chi connectivity index (χ3n) is 4.51. The van der Waals surface area contributed by atoms with E-state index in [1.165, 1.54) is 12.3 Å². The number of nitrogens with zero attached hydrogens (tertiary/aromatic N) is 5. The average Bonchev–Trinajstić information content (AvgIpc) is 3.20. The molecule has 0 fully saturated rings. The summed E-state index contributed by atoms with van der Waals surface area (Å²) in [4.78, 5) is 23.4. The topological polar surface area (TPSA) is 98.2 Å². The van der Waals surface area contributed by atoms with E-state index in [9.17, 15) is 10.1 Å². The SMILES string of the molecule is O=[N+]([O-])c1ccc(CCCNc2nc(-c3ccc(Cl)cc3Cl)cc3nccn23)nc1. The minimum atomic E-state index is -0.458. The van der Waals surface area contributed by atoms with Crippen molar-refractivity contribution >= 4 is 40.5 Å². The van der Waals surface area contributed by atoms with Gasteiger partial charge in [0.05, 0.1) is 15.6 Å². The van der Waals surface area contributed by atoms with Gasteiger partial charge in [-0.15, -0.1) is 0 Å². The summed E-state index contributed by atoms with van der Waals surface area (Å²) in [5.74, 6) is 0.641. The highest BCUT2D eigenvalue weighted by Crippen LogP contribution is 2.30. The van der Waals surface area contributed by atoms with Crippen molar-refractivity contribution in [2.24, 2.45) is 0 Å². The summed E-state index contributed by atoms with van der Waals surface area (Å²) in [6.45, 7) is 0.636. The van der Waals surface area contributed by atoms with Gasteiger partial charge in [0.1, 0.15) is 11.8 Å². The third-order valence-corrected chi connectivity index (χ3v) is 5.06. The summed E-state index contributed by atoms with van der Waals surface area (Å²) < 4.78 is 1.86. The van der Waals surface area contributed by atoms with Gasteiger partial charge in [0.25, 0.3) is 5.69 Å². The Bertz CT molecular complexity index is 1210. The van der Waals surface area contributed by atoms with Gasteiger partial charge in [-0.05, 0) is 37.1 Å². The standard InChI is InChI=1S/C20H16Cl2N6O2/c21-13-3-6-16(17(22)10-13)18-11-19-23-8-9-27(19)20(26-18)24-7-1-2-14-4-5-15(12-25-14)28(29)30/h3-6,8-12H,1-2,7H2,(H,24,26). The molecule has 0 aliphatic carbocycles. The number of nitrogens with one attached hydrogen (secondary N) is 1. The molecule has 0 saturated heterocycles. The Morgan fingerprint density at radius 1 is 1.13 bits per heavy atom. The molecule has 0 spiro atoms. The van der Waals surface area contributed by atoms with E-state index in [-0.39, 0.29) is 5.69 Å². The first-order chi connectivity index (χ1) is 14.5. The number of aryl methyl sites for hydroxylation is 1. The van der Waals surface area contributed by atoms with Gasteiger partial charge in [0.15, 0.2) is 0 Å². The van der Waals surface area contributed by atoms with Crippen molar-refractivity contribution in [2.45, 2.75) is 12.8 Å². The van der Waals surface area contributed by atoms with Gasteiger partial charge in [-0.25, -0.2) is 9.97 Å². The Morgan fingerprint density at radius 2 is 2.00 bits per heavy atom. The smallest absolute Gasteiger partial charge is 0.287 e. The number of pyridine rings is 1. The molecule has 0 atom stereocenters. The lowest BCUT2D eigenvalue weighted by Crippen LogP contribution is -2.09. The van der Waals surface area contributed by atoms with Crippen LogP contribution < -0.4 is 5.32 Å². The zero-order valence-electron chi connectivity index (χ0n) is 15.6. The van der Waals surface area contributed by atoms with E-state index in [2.05, 4.69) is 15.3 Å². The van der Waals surface area contributed by atoms with Crippen LogP contribution >= 0.6 is 23.2 Å². The lowest BCUT2D eigenvalue weighted by molar-refractivity contribution is -0.385. The molecule has 8 nitrogen and oxygen atoms in total. The van der Waals surface area contributed by atoms with Gasteiger partial charge in [-0.3, -0.25) is 19.5 Å². The number of halogens is 2. The van der Waals surface area contributed by atoms with Gasteiger partial charge in [0.2, 0.25) is 5.95 Å².